The van der Waals surface area contributed by atoms with Crippen molar-refractivity contribution in [3.05, 3.63) is 42.0 Å². The van der Waals surface area contributed by atoms with Gasteiger partial charge in [0.05, 0.1) is 11.4 Å². The second kappa shape index (κ2) is 4.91. The van der Waals surface area contributed by atoms with Crippen LogP contribution in [0.4, 0.5) is 5.69 Å². The number of rotatable bonds is 3. The smallest absolute Gasteiger partial charge is 0.251 e. The van der Waals surface area contributed by atoms with E-state index >= 15 is 0 Å². The van der Waals surface area contributed by atoms with E-state index in [0.29, 0.717) is 11.3 Å². The molecule has 1 heterocycles. The molecule has 0 aliphatic carbocycles. The largest absolute Gasteiger partial charge is 0.397 e. The zero-order valence-corrected chi connectivity index (χ0v) is 10.5. The third-order valence-electron chi connectivity index (χ3n) is 2.81. The van der Waals surface area contributed by atoms with E-state index in [4.69, 9.17) is 5.73 Å². The number of hydrogen-bond acceptors (Lipinski definition) is 3. The number of carbonyl (C=O) groups excluding carboxylic acids is 1. The fourth-order valence-corrected chi connectivity index (χ4v) is 1.85. The van der Waals surface area contributed by atoms with E-state index in [9.17, 15) is 4.79 Å². The van der Waals surface area contributed by atoms with Crippen molar-refractivity contribution in [2.75, 3.05) is 12.8 Å². The third kappa shape index (κ3) is 2.07. The van der Waals surface area contributed by atoms with Gasteiger partial charge in [-0.05, 0) is 18.2 Å². The molecule has 0 spiro atoms. The van der Waals surface area contributed by atoms with Crippen LogP contribution in [-0.2, 0) is 6.42 Å². The fraction of sp³-hybridized carbons (Fsp3) is 0.231. The van der Waals surface area contributed by atoms with Gasteiger partial charge in [-0.1, -0.05) is 6.92 Å². The Morgan fingerprint density at radius 1 is 1.50 bits per heavy atom. The summed E-state index contributed by atoms with van der Waals surface area (Å²) in [4.78, 5) is 15.9. The van der Waals surface area contributed by atoms with Gasteiger partial charge in [0.2, 0.25) is 0 Å². The molecule has 0 aliphatic rings. The van der Waals surface area contributed by atoms with Crippen LogP contribution in [0, 0.1) is 0 Å². The van der Waals surface area contributed by atoms with Crippen molar-refractivity contribution in [2.24, 2.45) is 0 Å². The molecule has 5 nitrogen and oxygen atoms in total. The maximum Gasteiger partial charge on any atom is 0.251 e. The van der Waals surface area contributed by atoms with Gasteiger partial charge in [-0.2, -0.15) is 0 Å². The molecule has 2 aromatic rings. The van der Waals surface area contributed by atoms with E-state index in [0.717, 1.165) is 17.9 Å². The first kappa shape index (κ1) is 12.2. The first-order valence-electron chi connectivity index (χ1n) is 5.81. The van der Waals surface area contributed by atoms with E-state index in [1.54, 1.807) is 31.4 Å². The summed E-state index contributed by atoms with van der Waals surface area (Å²) in [5.41, 5.74) is 7.95. The molecule has 0 saturated carbocycles. The van der Waals surface area contributed by atoms with Crippen molar-refractivity contribution in [1.29, 1.82) is 0 Å². The van der Waals surface area contributed by atoms with E-state index in [2.05, 4.69) is 10.3 Å². The zero-order chi connectivity index (χ0) is 13.1. The number of amides is 1. The minimum atomic E-state index is -0.130. The molecule has 18 heavy (non-hydrogen) atoms. The molecule has 0 saturated heterocycles. The summed E-state index contributed by atoms with van der Waals surface area (Å²) in [6.45, 7) is 2.03. The SMILES string of the molecule is CCc1nccn1-c1cc(C(=O)NC)ccc1N. The molecule has 0 fully saturated rings. The number of hydrogen-bond donors (Lipinski definition) is 2. The average Bonchev–Trinajstić information content (AvgIpc) is 2.86. The summed E-state index contributed by atoms with van der Waals surface area (Å²) < 4.78 is 1.90. The Morgan fingerprint density at radius 3 is 2.94 bits per heavy atom. The Hall–Kier alpha value is -2.30. The van der Waals surface area contributed by atoms with Crippen LogP contribution in [0.15, 0.2) is 30.6 Å². The maximum absolute atomic E-state index is 11.6. The molecule has 1 amide bonds. The molecular weight excluding hydrogens is 228 g/mol. The van der Waals surface area contributed by atoms with E-state index in [1.807, 2.05) is 17.7 Å². The number of nitrogens with two attached hydrogens (primary N) is 1. The number of aromatic nitrogens is 2. The van der Waals surface area contributed by atoms with Gasteiger partial charge >= 0.3 is 0 Å². The average molecular weight is 244 g/mol. The van der Waals surface area contributed by atoms with Crippen molar-refractivity contribution < 1.29 is 4.79 Å². The van der Waals surface area contributed by atoms with Crippen LogP contribution < -0.4 is 11.1 Å². The molecule has 0 radical (unpaired) electrons. The van der Waals surface area contributed by atoms with Crippen LogP contribution in [-0.4, -0.2) is 22.5 Å². The molecule has 0 atom stereocenters. The van der Waals surface area contributed by atoms with Gasteiger partial charge in [0.25, 0.3) is 5.91 Å². The normalized spacial score (nSPS) is 10.3. The molecule has 3 N–H and O–H groups in total. The van der Waals surface area contributed by atoms with Gasteiger partial charge in [0, 0.05) is 31.4 Å². The highest BCUT2D eigenvalue weighted by Crippen LogP contribution is 2.20. The van der Waals surface area contributed by atoms with Crippen LogP contribution in [0.25, 0.3) is 5.69 Å². The van der Waals surface area contributed by atoms with E-state index in [-0.39, 0.29) is 5.91 Å². The molecule has 94 valence electrons. The second-order valence-corrected chi connectivity index (χ2v) is 3.92. The summed E-state index contributed by atoms with van der Waals surface area (Å²) in [6, 6.07) is 5.22. The Kier molecular flexibility index (Phi) is 3.32. The fourth-order valence-electron chi connectivity index (χ4n) is 1.85. The quantitative estimate of drug-likeness (QED) is 0.801. The van der Waals surface area contributed by atoms with Crippen molar-refractivity contribution in [3.63, 3.8) is 0 Å². The summed E-state index contributed by atoms with van der Waals surface area (Å²) in [7, 11) is 1.60. The number of nitrogens with zero attached hydrogens (tertiary/aromatic N) is 2. The highest BCUT2D eigenvalue weighted by molar-refractivity contribution is 5.95. The maximum atomic E-state index is 11.6. The first-order chi connectivity index (χ1) is 8.67. The Morgan fingerprint density at radius 2 is 2.28 bits per heavy atom. The lowest BCUT2D eigenvalue weighted by molar-refractivity contribution is 0.0963. The lowest BCUT2D eigenvalue weighted by Gasteiger charge is -2.11. The minimum Gasteiger partial charge on any atom is -0.397 e. The molecule has 1 aromatic heterocycles. The van der Waals surface area contributed by atoms with E-state index < -0.39 is 0 Å². The van der Waals surface area contributed by atoms with Gasteiger partial charge in [0.15, 0.2) is 0 Å². The molecule has 0 unspecified atom stereocenters. The highest BCUT2D eigenvalue weighted by Gasteiger charge is 2.10. The van der Waals surface area contributed by atoms with Gasteiger partial charge in [0.1, 0.15) is 5.82 Å². The predicted octanol–water partition coefficient (Wildman–Crippen LogP) is 1.38. The molecule has 5 heteroatoms. The third-order valence-corrected chi connectivity index (χ3v) is 2.81. The molecule has 2 rings (SSSR count). The van der Waals surface area contributed by atoms with Crippen LogP contribution in [0.2, 0.25) is 0 Å². The van der Waals surface area contributed by atoms with Crippen LogP contribution in [0.5, 0.6) is 0 Å². The summed E-state index contributed by atoms with van der Waals surface area (Å²) in [5, 5.41) is 2.60. The monoisotopic (exact) mass is 244 g/mol. The summed E-state index contributed by atoms with van der Waals surface area (Å²) >= 11 is 0. The van der Waals surface area contributed by atoms with Gasteiger partial charge in [-0.25, -0.2) is 4.98 Å². The van der Waals surface area contributed by atoms with Crippen molar-refractivity contribution in [2.45, 2.75) is 13.3 Å². The van der Waals surface area contributed by atoms with Crippen molar-refractivity contribution in [3.8, 4) is 5.69 Å². The first-order valence-corrected chi connectivity index (χ1v) is 5.81. The lowest BCUT2D eigenvalue weighted by Crippen LogP contribution is -2.18. The Balaban J connectivity index is 2.53. The number of aryl methyl sites for hydroxylation is 1. The molecule has 0 bridgehead atoms. The second-order valence-electron chi connectivity index (χ2n) is 3.92. The highest BCUT2D eigenvalue weighted by atomic mass is 16.1. The number of nitrogens with one attached hydrogen (secondary N) is 1. The predicted molar refractivity (Wildman–Crippen MR) is 70.7 cm³/mol. The number of benzene rings is 1. The van der Waals surface area contributed by atoms with Gasteiger partial charge < -0.3 is 15.6 Å². The zero-order valence-electron chi connectivity index (χ0n) is 10.5. The van der Waals surface area contributed by atoms with E-state index in [1.165, 1.54) is 0 Å². The minimum absolute atomic E-state index is 0.130. The number of imidazole rings is 1. The summed E-state index contributed by atoms with van der Waals surface area (Å²) in [6.07, 6.45) is 4.37. The van der Waals surface area contributed by atoms with Gasteiger partial charge in [-0.15, -0.1) is 0 Å². The topological polar surface area (TPSA) is 72.9 Å². The molecule has 1 aromatic carbocycles. The van der Waals surface area contributed by atoms with Crippen LogP contribution >= 0.6 is 0 Å². The standard InChI is InChI=1S/C13H16N4O/c1-3-12-16-6-7-17(12)11-8-9(13(18)15-2)4-5-10(11)14/h4-8H,3,14H2,1-2H3,(H,15,18). The molecule has 0 aliphatic heterocycles. The van der Waals surface area contributed by atoms with Crippen LogP contribution in [0.3, 0.4) is 0 Å². The van der Waals surface area contributed by atoms with Crippen molar-refractivity contribution >= 4 is 11.6 Å². The van der Waals surface area contributed by atoms with Crippen LogP contribution in [0.1, 0.15) is 23.1 Å². The number of anilines is 1. The Bertz CT molecular complexity index is 574. The Labute approximate surface area is 106 Å². The number of nitrogen functional groups attached to an aromatic ring is 1. The van der Waals surface area contributed by atoms with Gasteiger partial charge in [-0.3, -0.25) is 4.79 Å². The van der Waals surface area contributed by atoms with Crippen molar-refractivity contribution in [1.82, 2.24) is 14.9 Å². The number of carbonyl (C=O) groups is 1. The molecular formula is C13H16N4O. The summed E-state index contributed by atoms with van der Waals surface area (Å²) in [5.74, 6) is 0.783. The lowest BCUT2D eigenvalue weighted by atomic mass is 10.1.